The molecular formula is C14H25NO2S. The first-order chi connectivity index (χ1) is 8.40. The summed E-state index contributed by atoms with van der Waals surface area (Å²) >= 11 is 0. The van der Waals surface area contributed by atoms with Gasteiger partial charge in [0.25, 0.3) is 0 Å². The highest BCUT2D eigenvalue weighted by atomic mass is 32.2. The van der Waals surface area contributed by atoms with Gasteiger partial charge < -0.3 is 0 Å². The van der Waals surface area contributed by atoms with E-state index in [1.54, 1.807) is 0 Å². The van der Waals surface area contributed by atoms with E-state index in [1.807, 2.05) is 0 Å². The Balaban J connectivity index is 1.85. The van der Waals surface area contributed by atoms with Gasteiger partial charge in [0.1, 0.15) is 0 Å². The molecule has 0 radical (unpaired) electrons. The lowest BCUT2D eigenvalue weighted by molar-refractivity contribution is -0.0703. The average Bonchev–Trinajstić information content (AvgIpc) is 2.22. The predicted octanol–water partition coefficient (Wildman–Crippen LogP) is 2.53. The molecule has 1 atom stereocenters. The van der Waals surface area contributed by atoms with Gasteiger partial charge in [-0.05, 0) is 68.1 Å². The maximum atomic E-state index is 11.6. The van der Waals surface area contributed by atoms with Crippen LogP contribution in [0.2, 0.25) is 0 Å². The van der Waals surface area contributed by atoms with Gasteiger partial charge in [0.2, 0.25) is 10.0 Å². The molecule has 4 rings (SSSR count). The lowest BCUT2D eigenvalue weighted by Gasteiger charge is -2.59. The lowest BCUT2D eigenvalue weighted by atomic mass is 9.47. The molecular weight excluding hydrogens is 246 g/mol. The normalized spacial score (nSPS) is 44.2. The van der Waals surface area contributed by atoms with Gasteiger partial charge in [0.15, 0.2) is 0 Å². The first-order valence-electron chi connectivity index (χ1n) is 7.37. The molecule has 1 N–H and O–H groups in total. The molecule has 4 bridgehead atoms. The van der Waals surface area contributed by atoms with E-state index in [9.17, 15) is 8.42 Å². The van der Waals surface area contributed by atoms with Gasteiger partial charge in [-0.1, -0.05) is 6.92 Å². The first kappa shape index (κ1) is 12.9. The number of hydrogen-bond acceptors (Lipinski definition) is 2. The third kappa shape index (κ3) is 2.22. The van der Waals surface area contributed by atoms with Crippen molar-refractivity contribution in [2.75, 3.05) is 6.26 Å². The van der Waals surface area contributed by atoms with E-state index in [-0.39, 0.29) is 11.5 Å². The van der Waals surface area contributed by atoms with E-state index >= 15 is 0 Å². The summed E-state index contributed by atoms with van der Waals surface area (Å²) in [6.07, 6.45) is 10.3. The van der Waals surface area contributed by atoms with Gasteiger partial charge in [0.05, 0.1) is 6.26 Å². The van der Waals surface area contributed by atoms with Crippen molar-refractivity contribution in [3.8, 4) is 0 Å². The van der Waals surface area contributed by atoms with E-state index in [0.29, 0.717) is 0 Å². The second-order valence-electron chi connectivity index (χ2n) is 7.13. The predicted molar refractivity (Wildman–Crippen MR) is 72.7 cm³/mol. The quantitative estimate of drug-likeness (QED) is 0.854. The molecule has 4 aliphatic rings. The first-order valence-corrected chi connectivity index (χ1v) is 9.26. The highest BCUT2D eigenvalue weighted by Gasteiger charge is 2.54. The largest absolute Gasteiger partial charge is 0.213 e. The van der Waals surface area contributed by atoms with Crippen LogP contribution in [0.5, 0.6) is 0 Å². The van der Waals surface area contributed by atoms with Gasteiger partial charge in [-0.15, -0.1) is 0 Å². The van der Waals surface area contributed by atoms with Crippen molar-refractivity contribution < 1.29 is 8.42 Å². The Morgan fingerprint density at radius 2 is 1.56 bits per heavy atom. The van der Waals surface area contributed by atoms with E-state index in [1.165, 1.54) is 44.8 Å². The molecule has 0 saturated heterocycles. The molecule has 0 spiro atoms. The topological polar surface area (TPSA) is 46.2 Å². The Bertz CT molecular complexity index is 394. The Morgan fingerprint density at radius 1 is 1.11 bits per heavy atom. The maximum absolute atomic E-state index is 11.6. The molecule has 0 aromatic heterocycles. The van der Waals surface area contributed by atoms with Crippen molar-refractivity contribution in [2.24, 2.45) is 23.2 Å². The molecule has 0 amide bonds. The summed E-state index contributed by atoms with van der Waals surface area (Å²) in [5, 5.41) is 0. The van der Waals surface area contributed by atoms with Crippen LogP contribution >= 0.6 is 0 Å². The van der Waals surface area contributed by atoms with Crippen LogP contribution in [0.4, 0.5) is 0 Å². The highest BCUT2D eigenvalue weighted by molar-refractivity contribution is 7.88. The molecule has 4 fully saturated rings. The van der Waals surface area contributed by atoms with Crippen molar-refractivity contribution in [1.82, 2.24) is 4.72 Å². The Labute approximate surface area is 111 Å². The van der Waals surface area contributed by atoms with Crippen molar-refractivity contribution in [3.05, 3.63) is 0 Å². The summed E-state index contributed by atoms with van der Waals surface area (Å²) in [5.41, 5.74) is 0.284. The molecule has 18 heavy (non-hydrogen) atoms. The molecule has 4 saturated carbocycles. The van der Waals surface area contributed by atoms with E-state index in [4.69, 9.17) is 0 Å². The van der Waals surface area contributed by atoms with Crippen molar-refractivity contribution in [1.29, 1.82) is 0 Å². The van der Waals surface area contributed by atoms with Crippen LogP contribution < -0.4 is 4.72 Å². The molecule has 3 nitrogen and oxygen atoms in total. The Hall–Kier alpha value is -0.0900. The second kappa shape index (κ2) is 4.20. The molecule has 0 aromatic carbocycles. The SMILES string of the molecule is CC[C@@H](NS(C)(=O)=O)C12CC3CC(CC(C3)C1)C2. The minimum absolute atomic E-state index is 0.167. The van der Waals surface area contributed by atoms with Crippen LogP contribution in [0.1, 0.15) is 51.9 Å². The summed E-state index contributed by atoms with van der Waals surface area (Å²) in [6.45, 7) is 2.13. The van der Waals surface area contributed by atoms with Crippen molar-refractivity contribution in [3.63, 3.8) is 0 Å². The van der Waals surface area contributed by atoms with Crippen LogP contribution in [0.3, 0.4) is 0 Å². The lowest BCUT2D eigenvalue weighted by Crippen LogP contribution is -2.56. The van der Waals surface area contributed by atoms with E-state index in [0.717, 1.165) is 24.2 Å². The molecule has 0 heterocycles. The molecule has 4 aliphatic carbocycles. The minimum atomic E-state index is -3.08. The van der Waals surface area contributed by atoms with E-state index < -0.39 is 10.0 Å². The number of sulfonamides is 1. The smallest absolute Gasteiger partial charge is 0.208 e. The Morgan fingerprint density at radius 3 is 1.89 bits per heavy atom. The molecule has 104 valence electrons. The zero-order valence-electron chi connectivity index (χ0n) is 11.5. The van der Waals surface area contributed by atoms with Crippen LogP contribution in [-0.2, 0) is 10.0 Å². The summed E-state index contributed by atoms with van der Waals surface area (Å²) in [7, 11) is -3.08. The van der Waals surface area contributed by atoms with Crippen molar-refractivity contribution in [2.45, 2.75) is 57.9 Å². The van der Waals surface area contributed by atoms with Gasteiger partial charge in [0, 0.05) is 6.04 Å². The minimum Gasteiger partial charge on any atom is -0.213 e. The fourth-order valence-corrected chi connectivity index (χ4v) is 6.44. The monoisotopic (exact) mass is 271 g/mol. The van der Waals surface area contributed by atoms with Gasteiger partial charge in [-0.25, -0.2) is 13.1 Å². The standard InChI is InChI=1S/C14H25NO2S/c1-3-13(15-18(2,16)17)14-7-10-4-11(8-14)6-12(5-10)9-14/h10-13,15H,3-9H2,1-2H3/t10?,11?,12?,13-,14?/m1/s1. The van der Waals surface area contributed by atoms with Gasteiger partial charge in [-0.3, -0.25) is 0 Å². The third-order valence-corrected chi connectivity index (χ3v) is 6.30. The zero-order valence-corrected chi connectivity index (χ0v) is 12.3. The Kier molecular flexibility index (Phi) is 3.02. The van der Waals surface area contributed by atoms with Crippen LogP contribution in [0.15, 0.2) is 0 Å². The van der Waals surface area contributed by atoms with Crippen LogP contribution in [-0.4, -0.2) is 20.7 Å². The second-order valence-corrected chi connectivity index (χ2v) is 8.91. The molecule has 0 aliphatic heterocycles. The zero-order chi connectivity index (χ0) is 13.0. The van der Waals surface area contributed by atoms with Gasteiger partial charge in [-0.2, -0.15) is 0 Å². The molecule has 0 aromatic rings. The van der Waals surface area contributed by atoms with E-state index in [2.05, 4.69) is 11.6 Å². The number of nitrogens with one attached hydrogen (secondary N) is 1. The van der Waals surface area contributed by atoms with Gasteiger partial charge >= 0.3 is 0 Å². The fourth-order valence-electron chi connectivity index (χ4n) is 5.50. The highest BCUT2D eigenvalue weighted by Crippen LogP contribution is 2.61. The summed E-state index contributed by atoms with van der Waals surface area (Å²) < 4.78 is 26.1. The number of hydrogen-bond donors (Lipinski definition) is 1. The average molecular weight is 271 g/mol. The third-order valence-electron chi connectivity index (χ3n) is 5.59. The summed E-state index contributed by atoms with van der Waals surface area (Å²) in [6, 6.07) is 0.167. The molecule has 4 heteroatoms. The van der Waals surface area contributed by atoms with Crippen LogP contribution in [0, 0.1) is 23.2 Å². The summed E-state index contributed by atoms with van der Waals surface area (Å²) in [4.78, 5) is 0. The fraction of sp³-hybridized carbons (Fsp3) is 1.00. The maximum Gasteiger partial charge on any atom is 0.208 e. The summed E-state index contributed by atoms with van der Waals surface area (Å²) in [5.74, 6) is 2.64. The van der Waals surface area contributed by atoms with Crippen molar-refractivity contribution >= 4 is 10.0 Å². The molecule has 0 unspecified atom stereocenters. The number of rotatable bonds is 4. The van der Waals surface area contributed by atoms with Crippen LogP contribution in [0.25, 0.3) is 0 Å².